The first kappa shape index (κ1) is 18.2. The summed E-state index contributed by atoms with van der Waals surface area (Å²) in [7, 11) is 0. The van der Waals surface area contributed by atoms with Crippen LogP contribution in [0.2, 0.25) is 10.0 Å². The molecule has 7 nitrogen and oxygen atoms in total. The van der Waals surface area contributed by atoms with Gasteiger partial charge in [0.25, 0.3) is 0 Å². The van der Waals surface area contributed by atoms with Crippen LogP contribution >= 0.6 is 23.2 Å². The van der Waals surface area contributed by atoms with E-state index in [4.69, 9.17) is 27.6 Å². The predicted octanol–water partition coefficient (Wildman–Crippen LogP) is 4.41. The third kappa shape index (κ3) is 4.05. The second kappa shape index (κ2) is 7.84. The molecule has 0 saturated heterocycles. The van der Waals surface area contributed by atoms with Crippen LogP contribution in [0.4, 0.5) is 5.82 Å². The minimum Gasteiger partial charge on any atom is -0.461 e. The van der Waals surface area contributed by atoms with Gasteiger partial charge < -0.3 is 9.73 Å². The average Bonchev–Trinajstić information content (AvgIpc) is 3.38. The van der Waals surface area contributed by atoms with E-state index in [1.54, 1.807) is 59.5 Å². The monoisotopic (exact) mass is 413 g/mol. The van der Waals surface area contributed by atoms with E-state index in [2.05, 4.69) is 20.4 Å². The van der Waals surface area contributed by atoms with Gasteiger partial charge in [-0.15, -0.1) is 0 Å². The number of carbonyl (C=O) groups is 1. The summed E-state index contributed by atoms with van der Waals surface area (Å²) in [4.78, 5) is 21.3. The van der Waals surface area contributed by atoms with Crippen LogP contribution in [0.25, 0.3) is 17.4 Å². The van der Waals surface area contributed by atoms with Gasteiger partial charge in [0.15, 0.2) is 17.4 Å². The highest BCUT2D eigenvalue weighted by atomic mass is 35.5. The second-order valence-electron chi connectivity index (χ2n) is 5.84. The summed E-state index contributed by atoms with van der Waals surface area (Å²) < 4.78 is 6.95. The number of aromatic nitrogens is 4. The number of nitrogens with zero attached hydrogens (tertiary/aromatic N) is 4. The van der Waals surface area contributed by atoms with E-state index in [0.29, 0.717) is 33.3 Å². The van der Waals surface area contributed by atoms with Gasteiger partial charge in [0.1, 0.15) is 5.82 Å². The van der Waals surface area contributed by atoms with Gasteiger partial charge in [-0.25, -0.2) is 14.6 Å². The highest BCUT2D eigenvalue weighted by Gasteiger charge is 2.13. The van der Waals surface area contributed by atoms with Gasteiger partial charge in [0, 0.05) is 18.5 Å². The number of amides is 1. The standard InChI is InChI=1S/C19H13Cl2N5O2/c20-13-5-4-12(9-14(13)21)10-18(27)23-16-11-17(26-7-2-6-22-26)25-19(24-16)15-3-1-8-28-15/h1-9,11H,10H2,(H,23,24,25,27). The zero-order valence-electron chi connectivity index (χ0n) is 14.3. The molecule has 0 unspecified atom stereocenters. The SMILES string of the molecule is O=C(Cc1ccc(Cl)c(Cl)c1)Nc1cc(-n2cccn2)nc(-c2ccco2)n1. The van der Waals surface area contributed by atoms with Gasteiger partial charge in [-0.3, -0.25) is 4.79 Å². The molecular weight excluding hydrogens is 401 g/mol. The van der Waals surface area contributed by atoms with E-state index in [1.807, 2.05) is 0 Å². The lowest BCUT2D eigenvalue weighted by molar-refractivity contribution is -0.115. The van der Waals surface area contributed by atoms with Crippen molar-refractivity contribution in [1.82, 2.24) is 19.7 Å². The van der Waals surface area contributed by atoms with Gasteiger partial charge in [0.05, 0.1) is 22.7 Å². The normalized spacial score (nSPS) is 10.8. The van der Waals surface area contributed by atoms with Gasteiger partial charge in [0.2, 0.25) is 5.91 Å². The third-order valence-electron chi connectivity index (χ3n) is 3.81. The molecule has 1 N–H and O–H groups in total. The number of hydrogen-bond acceptors (Lipinski definition) is 5. The Labute approximate surface area is 169 Å². The van der Waals surface area contributed by atoms with E-state index in [0.717, 1.165) is 5.56 Å². The summed E-state index contributed by atoms with van der Waals surface area (Å²) in [6.07, 6.45) is 5.03. The molecule has 0 atom stereocenters. The van der Waals surface area contributed by atoms with Crippen molar-refractivity contribution in [2.24, 2.45) is 0 Å². The lowest BCUT2D eigenvalue weighted by Crippen LogP contribution is -2.16. The summed E-state index contributed by atoms with van der Waals surface area (Å²) >= 11 is 11.9. The molecule has 28 heavy (non-hydrogen) atoms. The van der Waals surface area contributed by atoms with Crippen molar-refractivity contribution in [3.63, 3.8) is 0 Å². The number of halogens is 2. The number of rotatable bonds is 5. The van der Waals surface area contributed by atoms with Crippen molar-refractivity contribution >= 4 is 34.9 Å². The number of carbonyl (C=O) groups excluding carboxylic acids is 1. The van der Waals surface area contributed by atoms with Crippen LogP contribution in [0.3, 0.4) is 0 Å². The fourth-order valence-electron chi connectivity index (χ4n) is 2.56. The van der Waals surface area contributed by atoms with Crippen LogP contribution in [0.1, 0.15) is 5.56 Å². The van der Waals surface area contributed by atoms with Crippen LogP contribution in [0, 0.1) is 0 Å². The van der Waals surface area contributed by atoms with E-state index in [9.17, 15) is 4.79 Å². The molecule has 0 fully saturated rings. The molecule has 1 amide bonds. The van der Waals surface area contributed by atoms with Crippen molar-refractivity contribution < 1.29 is 9.21 Å². The summed E-state index contributed by atoms with van der Waals surface area (Å²) in [6.45, 7) is 0. The number of nitrogens with one attached hydrogen (secondary N) is 1. The van der Waals surface area contributed by atoms with E-state index in [-0.39, 0.29) is 12.3 Å². The average molecular weight is 414 g/mol. The maximum atomic E-state index is 12.5. The summed E-state index contributed by atoms with van der Waals surface area (Å²) in [6, 6.07) is 11.9. The van der Waals surface area contributed by atoms with Crippen molar-refractivity contribution in [2.45, 2.75) is 6.42 Å². The Balaban J connectivity index is 1.61. The Morgan fingerprint density at radius 2 is 2.00 bits per heavy atom. The Hall–Kier alpha value is -3.16. The number of benzene rings is 1. The molecule has 9 heteroatoms. The molecule has 140 valence electrons. The molecule has 0 aliphatic heterocycles. The lowest BCUT2D eigenvalue weighted by atomic mass is 10.1. The molecule has 3 heterocycles. The molecule has 4 rings (SSSR count). The van der Waals surface area contributed by atoms with Crippen molar-refractivity contribution in [1.29, 1.82) is 0 Å². The highest BCUT2D eigenvalue weighted by Crippen LogP contribution is 2.23. The third-order valence-corrected chi connectivity index (χ3v) is 4.55. The molecule has 0 radical (unpaired) electrons. The molecule has 0 aliphatic rings. The number of furan rings is 1. The fourth-order valence-corrected chi connectivity index (χ4v) is 2.88. The van der Waals surface area contributed by atoms with E-state index >= 15 is 0 Å². The highest BCUT2D eigenvalue weighted by molar-refractivity contribution is 6.42. The zero-order valence-corrected chi connectivity index (χ0v) is 15.9. The van der Waals surface area contributed by atoms with Gasteiger partial charge in [-0.1, -0.05) is 29.3 Å². The van der Waals surface area contributed by atoms with Crippen molar-refractivity contribution in [2.75, 3.05) is 5.32 Å². The van der Waals surface area contributed by atoms with Gasteiger partial charge in [-0.05, 0) is 35.9 Å². The van der Waals surface area contributed by atoms with E-state index < -0.39 is 0 Å². The Kier molecular flexibility index (Phi) is 5.10. The maximum absolute atomic E-state index is 12.5. The molecule has 4 aromatic rings. The largest absolute Gasteiger partial charge is 0.461 e. The Morgan fingerprint density at radius 1 is 1.11 bits per heavy atom. The molecule has 0 spiro atoms. The summed E-state index contributed by atoms with van der Waals surface area (Å²) in [5, 5.41) is 7.79. The number of anilines is 1. The first-order valence-electron chi connectivity index (χ1n) is 8.25. The Morgan fingerprint density at radius 3 is 2.71 bits per heavy atom. The van der Waals surface area contributed by atoms with Crippen LogP contribution in [0.5, 0.6) is 0 Å². The molecule has 0 bridgehead atoms. The molecular formula is C19H13Cl2N5O2. The minimum atomic E-state index is -0.256. The molecule has 0 aliphatic carbocycles. The lowest BCUT2D eigenvalue weighted by Gasteiger charge is -2.09. The maximum Gasteiger partial charge on any atom is 0.229 e. The second-order valence-corrected chi connectivity index (χ2v) is 6.65. The Bertz CT molecular complexity index is 1060. The first-order chi connectivity index (χ1) is 13.6. The summed E-state index contributed by atoms with van der Waals surface area (Å²) in [5.41, 5.74) is 0.736. The predicted molar refractivity (Wildman–Crippen MR) is 106 cm³/mol. The molecule has 3 aromatic heterocycles. The van der Waals surface area contributed by atoms with Crippen molar-refractivity contribution in [3.05, 3.63) is 76.7 Å². The van der Waals surface area contributed by atoms with Gasteiger partial charge >= 0.3 is 0 Å². The van der Waals surface area contributed by atoms with Crippen LogP contribution in [-0.4, -0.2) is 25.7 Å². The first-order valence-corrected chi connectivity index (χ1v) is 9.01. The van der Waals surface area contributed by atoms with Crippen molar-refractivity contribution in [3.8, 4) is 17.4 Å². The zero-order chi connectivity index (χ0) is 19.5. The smallest absolute Gasteiger partial charge is 0.229 e. The van der Waals surface area contributed by atoms with Crippen LogP contribution in [0.15, 0.2) is 65.5 Å². The minimum absolute atomic E-state index is 0.119. The summed E-state index contributed by atoms with van der Waals surface area (Å²) in [5.74, 6) is 1.39. The quantitative estimate of drug-likeness (QED) is 0.523. The fraction of sp³-hybridized carbons (Fsp3) is 0.0526. The molecule has 1 aromatic carbocycles. The molecule has 0 saturated carbocycles. The number of hydrogen-bond donors (Lipinski definition) is 1. The van der Waals surface area contributed by atoms with E-state index in [1.165, 1.54) is 6.26 Å². The van der Waals surface area contributed by atoms with Gasteiger partial charge in [-0.2, -0.15) is 5.10 Å². The topological polar surface area (TPSA) is 85.8 Å². The van der Waals surface area contributed by atoms with Crippen LogP contribution in [-0.2, 0) is 11.2 Å². The van der Waals surface area contributed by atoms with Crippen LogP contribution < -0.4 is 5.32 Å².